The van der Waals surface area contributed by atoms with E-state index in [0.717, 1.165) is 6.42 Å². The van der Waals surface area contributed by atoms with E-state index in [2.05, 4.69) is 45.0 Å². The lowest BCUT2D eigenvalue weighted by molar-refractivity contribution is 0.309. The molecule has 0 aromatic rings. The SMILES string of the molecule is CCC1=C(C(C)C)N(C)C(C)N1. The molecule has 0 aromatic carbocycles. The Bertz CT molecular complexity index is 194. The largest absolute Gasteiger partial charge is 0.367 e. The fraction of sp³-hybridized carbons (Fsp3) is 0.800. The van der Waals surface area contributed by atoms with Gasteiger partial charge in [-0.05, 0) is 19.3 Å². The molecule has 1 unspecified atom stereocenters. The summed E-state index contributed by atoms with van der Waals surface area (Å²) in [5.74, 6) is 0.627. The highest BCUT2D eigenvalue weighted by atomic mass is 15.3. The van der Waals surface area contributed by atoms with E-state index in [1.165, 1.54) is 11.4 Å². The van der Waals surface area contributed by atoms with E-state index in [1.54, 1.807) is 0 Å². The van der Waals surface area contributed by atoms with Crippen LogP contribution in [0.5, 0.6) is 0 Å². The van der Waals surface area contributed by atoms with Gasteiger partial charge in [0.15, 0.2) is 0 Å². The maximum Gasteiger partial charge on any atom is 0.0953 e. The van der Waals surface area contributed by atoms with Crippen LogP contribution in [-0.4, -0.2) is 18.1 Å². The quantitative estimate of drug-likeness (QED) is 0.679. The van der Waals surface area contributed by atoms with Gasteiger partial charge in [0.1, 0.15) is 0 Å². The molecule has 1 aliphatic rings. The summed E-state index contributed by atoms with van der Waals surface area (Å²) in [5.41, 5.74) is 2.89. The Balaban J connectivity index is 2.87. The summed E-state index contributed by atoms with van der Waals surface area (Å²) in [4.78, 5) is 2.34. The maximum absolute atomic E-state index is 3.49. The molecule has 1 rings (SSSR count). The lowest BCUT2D eigenvalue weighted by Gasteiger charge is -2.23. The second kappa shape index (κ2) is 3.38. The van der Waals surface area contributed by atoms with Crippen LogP contribution < -0.4 is 5.32 Å². The van der Waals surface area contributed by atoms with Gasteiger partial charge in [-0.2, -0.15) is 0 Å². The molecule has 1 heterocycles. The first-order valence-corrected chi connectivity index (χ1v) is 4.80. The van der Waals surface area contributed by atoms with Crippen molar-refractivity contribution in [1.82, 2.24) is 10.2 Å². The lowest BCUT2D eigenvalue weighted by atomic mass is 10.1. The van der Waals surface area contributed by atoms with Crippen LogP contribution in [0.1, 0.15) is 34.1 Å². The zero-order valence-corrected chi connectivity index (χ0v) is 8.81. The van der Waals surface area contributed by atoms with Crippen molar-refractivity contribution in [1.29, 1.82) is 0 Å². The molecule has 2 nitrogen and oxygen atoms in total. The number of nitrogens with zero attached hydrogens (tertiary/aromatic N) is 1. The Morgan fingerprint density at radius 3 is 2.42 bits per heavy atom. The summed E-state index contributed by atoms with van der Waals surface area (Å²) in [5, 5.41) is 3.49. The number of nitrogens with one attached hydrogen (secondary N) is 1. The van der Waals surface area contributed by atoms with E-state index in [0.29, 0.717) is 12.1 Å². The standard InChI is InChI=1S/C10H20N2/c1-6-9-10(7(2)3)12(5)8(4)11-9/h7-8,11H,6H2,1-5H3. The Morgan fingerprint density at radius 2 is 2.08 bits per heavy atom. The van der Waals surface area contributed by atoms with Crippen molar-refractivity contribution in [3.63, 3.8) is 0 Å². The fourth-order valence-corrected chi connectivity index (χ4v) is 1.88. The van der Waals surface area contributed by atoms with Gasteiger partial charge in [-0.1, -0.05) is 20.8 Å². The Labute approximate surface area is 75.6 Å². The van der Waals surface area contributed by atoms with Gasteiger partial charge in [-0.25, -0.2) is 0 Å². The molecule has 0 bridgehead atoms. The summed E-state index contributed by atoms with van der Waals surface area (Å²) in [6, 6.07) is 0. The van der Waals surface area contributed by atoms with Crippen molar-refractivity contribution in [3.8, 4) is 0 Å². The average Bonchev–Trinajstić information content (AvgIpc) is 2.28. The third-order valence-corrected chi connectivity index (χ3v) is 2.55. The van der Waals surface area contributed by atoms with Gasteiger partial charge in [0.2, 0.25) is 0 Å². The Morgan fingerprint density at radius 1 is 1.50 bits per heavy atom. The van der Waals surface area contributed by atoms with E-state index < -0.39 is 0 Å². The van der Waals surface area contributed by atoms with Crippen molar-refractivity contribution >= 4 is 0 Å². The molecule has 0 amide bonds. The molecule has 0 radical (unpaired) electrons. The van der Waals surface area contributed by atoms with Gasteiger partial charge >= 0.3 is 0 Å². The van der Waals surface area contributed by atoms with E-state index >= 15 is 0 Å². The Hall–Kier alpha value is -0.660. The molecule has 0 spiro atoms. The molecule has 12 heavy (non-hydrogen) atoms. The zero-order valence-electron chi connectivity index (χ0n) is 8.81. The monoisotopic (exact) mass is 168 g/mol. The van der Waals surface area contributed by atoms with Crippen molar-refractivity contribution in [3.05, 3.63) is 11.4 Å². The van der Waals surface area contributed by atoms with Crippen LogP contribution in [0.3, 0.4) is 0 Å². The van der Waals surface area contributed by atoms with Crippen LogP contribution in [0, 0.1) is 5.92 Å². The van der Waals surface area contributed by atoms with Gasteiger partial charge in [-0.3, -0.25) is 0 Å². The smallest absolute Gasteiger partial charge is 0.0953 e. The summed E-state index contributed by atoms with van der Waals surface area (Å²) in [7, 11) is 2.16. The number of allylic oxidation sites excluding steroid dienone is 2. The van der Waals surface area contributed by atoms with E-state index in [9.17, 15) is 0 Å². The highest BCUT2D eigenvalue weighted by molar-refractivity contribution is 5.19. The highest BCUT2D eigenvalue weighted by Gasteiger charge is 2.25. The summed E-state index contributed by atoms with van der Waals surface area (Å²) < 4.78 is 0. The van der Waals surface area contributed by atoms with Crippen molar-refractivity contribution in [2.24, 2.45) is 5.92 Å². The first-order valence-electron chi connectivity index (χ1n) is 4.80. The summed E-state index contributed by atoms with van der Waals surface area (Å²) >= 11 is 0. The number of hydrogen-bond acceptors (Lipinski definition) is 2. The third kappa shape index (κ3) is 1.43. The number of rotatable bonds is 2. The minimum atomic E-state index is 0.470. The molecular formula is C10H20N2. The molecule has 1 aliphatic heterocycles. The minimum absolute atomic E-state index is 0.470. The van der Waals surface area contributed by atoms with E-state index in [1.807, 2.05) is 0 Å². The van der Waals surface area contributed by atoms with Crippen LogP contribution >= 0.6 is 0 Å². The van der Waals surface area contributed by atoms with Crippen molar-refractivity contribution in [2.75, 3.05) is 7.05 Å². The van der Waals surface area contributed by atoms with Crippen LogP contribution in [-0.2, 0) is 0 Å². The summed E-state index contributed by atoms with van der Waals surface area (Å²) in [6.45, 7) is 8.91. The van der Waals surface area contributed by atoms with Crippen molar-refractivity contribution in [2.45, 2.75) is 40.3 Å². The predicted molar refractivity (Wildman–Crippen MR) is 52.5 cm³/mol. The Kier molecular flexibility index (Phi) is 2.65. The topological polar surface area (TPSA) is 15.3 Å². The van der Waals surface area contributed by atoms with E-state index in [4.69, 9.17) is 0 Å². The van der Waals surface area contributed by atoms with E-state index in [-0.39, 0.29) is 0 Å². The molecule has 1 atom stereocenters. The molecule has 70 valence electrons. The molecule has 2 heteroatoms. The number of hydrogen-bond donors (Lipinski definition) is 1. The van der Waals surface area contributed by atoms with Crippen LogP contribution in [0.15, 0.2) is 11.4 Å². The van der Waals surface area contributed by atoms with Crippen molar-refractivity contribution < 1.29 is 0 Å². The molecule has 0 aromatic heterocycles. The predicted octanol–water partition coefficient (Wildman–Crippen LogP) is 2.15. The second-order valence-electron chi connectivity index (χ2n) is 3.80. The molecule has 0 aliphatic carbocycles. The van der Waals surface area contributed by atoms with Gasteiger partial charge in [0.25, 0.3) is 0 Å². The first-order chi connectivity index (χ1) is 5.57. The molecule has 1 N–H and O–H groups in total. The average molecular weight is 168 g/mol. The van der Waals surface area contributed by atoms with Gasteiger partial charge in [0.05, 0.1) is 6.17 Å². The van der Waals surface area contributed by atoms with Crippen LogP contribution in [0.4, 0.5) is 0 Å². The highest BCUT2D eigenvalue weighted by Crippen LogP contribution is 2.25. The summed E-state index contributed by atoms with van der Waals surface area (Å²) in [6.07, 6.45) is 1.58. The normalized spacial score (nSPS) is 23.8. The zero-order chi connectivity index (χ0) is 9.30. The molecule has 0 fully saturated rings. The van der Waals surface area contributed by atoms with Crippen LogP contribution in [0.25, 0.3) is 0 Å². The fourth-order valence-electron chi connectivity index (χ4n) is 1.88. The maximum atomic E-state index is 3.49. The molecule has 0 saturated heterocycles. The van der Waals surface area contributed by atoms with Gasteiger partial charge in [-0.15, -0.1) is 0 Å². The second-order valence-corrected chi connectivity index (χ2v) is 3.80. The molecule has 0 saturated carbocycles. The lowest BCUT2D eigenvalue weighted by Crippen LogP contribution is -2.32. The third-order valence-electron chi connectivity index (χ3n) is 2.55. The first kappa shape index (κ1) is 9.43. The van der Waals surface area contributed by atoms with Gasteiger partial charge in [0, 0.05) is 18.4 Å². The minimum Gasteiger partial charge on any atom is -0.367 e. The van der Waals surface area contributed by atoms with Gasteiger partial charge < -0.3 is 10.2 Å². The van der Waals surface area contributed by atoms with Crippen LogP contribution in [0.2, 0.25) is 0 Å². The molecular weight excluding hydrogens is 148 g/mol.